The number of methoxy groups -OCH3 is 2. The fourth-order valence-corrected chi connectivity index (χ4v) is 6.04. The van der Waals surface area contributed by atoms with E-state index in [-0.39, 0.29) is 16.3 Å². The molecule has 0 bridgehead atoms. The molecule has 182 valence electrons. The Bertz CT molecular complexity index is 1230. The van der Waals surface area contributed by atoms with E-state index in [2.05, 4.69) is 22.4 Å². The number of aryl methyl sites for hydroxylation is 1. The number of anilines is 2. The molecule has 0 aliphatic heterocycles. The lowest BCUT2D eigenvalue weighted by Gasteiger charge is -2.26. The van der Waals surface area contributed by atoms with E-state index in [1.165, 1.54) is 43.8 Å². The molecule has 34 heavy (non-hydrogen) atoms. The fourth-order valence-electron chi connectivity index (χ4n) is 2.93. The number of sulfonamides is 1. The Morgan fingerprint density at radius 2 is 1.85 bits per heavy atom. The number of carbonyl (C=O) groups is 1. The number of hydrogen-bond donors (Lipinski definition) is 1. The Hall–Kier alpha value is -2.83. The van der Waals surface area contributed by atoms with Crippen LogP contribution in [0, 0.1) is 6.92 Å². The van der Waals surface area contributed by atoms with Gasteiger partial charge in [-0.25, -0.2) is 8.42 Å². The molecule has 1 amide bonds. The molecule has 0 radical (unpaired) electrons. The van der Waals surface area contributed by atoms with Crippen LogP contribution in [-0.2, 0) is 14.8 Å². The molecule has 9 nitrogen and oxygen atoms in total. The Labute approximate surface area is 207 Å². The summed E-state index contributed by atoms with van der Waals surface area (Å²) >= 11 is 2.79. The molecular formula is C22H26N4O5S3. The SMILES string of the molecule is CCCSc1nnc(NC(=O)CN(c2cc(OC)ccc2OC)S(=O)(=O)c2ccc(C)cc2)s1. The predicted molar refractivity (Wildman–Crippen MR) is 135 cm³/mol. The molecule has 12 heteroatoms. The predicted octanol–water partition coefficient (Wildman–Crippen LogP) is 4.20. The van der Waals surface area contributed by atoms with Gasteiger partial charge in [-0.2, -0.15) is 0 Å². The first-order valence-corrected chi connectivity index (χ1v) is 13.6. The van der Waals surface area contributed by atoms with Crippen molar-refractivity contribution in [3.05, 3.63) is 48.0 Å². The number of nitrogens with zero attached hydrogens (tertiary/aromatic N) is 3. The van der Waals surface area contributed by atoms with Crippen LogP contribution in [0.25, 0.3) is 0 Å². The largest absolute Gasteiger partial charge is 0.497 e. The molecule has 1 heterocycles. The molecule has 0 saturated heterocycles. The quantitative estimate of drug-likeness (QED) is 0.295. The highest BCUT2D eigenvalue weighted by Gasteiger charge is 2.30. The first kappa shape index (κ1) is 25.8. The number of carbonyl (C=O) groups excluding carboxylic acids is 1. The molecule has 3 rings (SSSR count). The van der Waals surface area contributed by atoms with Gasteiger partial charge in [-0.05, 0) is 37.6 Å². The van der Waals surface area contributed by atoms with Crippen molar-refractivity contribution in [2.24, 2.45) is 0 Å². The summed E-state index contributed by atoms with van der Waals surface area (Å²) in [5.74, 6) is 1.02. The molecular weight excluding hydrogens is 496 g/mol. The molecule has 0 saturated carbocycles. The van der Waals surface area contributed by atoms with E-state index in [1.54, 1.807) is 36.0 Å². The van der Waals surface area contributed by atoms with Crippen LogP contribution in [0.2, 0.25) is 0 Å². The lowest BCUT2D eigenvalue weighted by molar-refractivity contribution is -0.114. The van der Waals surface area contributed by atoms with Gasteiger partial charge in [0.15, 0.2) is 4.34 Å². The lowest BCUT2D eigenvalue weighted by atomic mass is 10.2. The van der Waals surface area contributed by atoms with Crippen LogP contribution in [0.5, 0.6) is 11.5 Å². The number of amides is 1. The molecule has 0 spiro atoms. The van der Waals surface area contributed by atoms with Gasteiger partial charge in [0, 0.05) is 11.8 Å². The third kappa shape index (κ3) is 6.19. The van der Waals surface area contributed by atoms with Crippen LogP contribution >= 0.6 is 23.1 Å². The minimum atomic E-state index is -4.12. The van der Waals surface area contributed by atoms with Crippen LogP contribution in [0.15, 0.2) is 51.7 Å². The highest BCUT2D eigenvalue weighted by Crippen LogP contribution is 2.36. The van der Waals surface area contributed by atoms with Crippen molar-refractivity contribution in [3.8, 4) is 11.5 Å². The number of ether oxygens (including phenoxy) is 2. The zero-order valence-corrected chi connectivity index (χ0v) is 21.7. The summed E-state index contributed by atoms with van der Waals surface area (Å²) in [7, 11) is -1.22. The molecule has 0 unspecified atom stereocenters. The van der Waals surface area contributed by atoms with Crippen LogP contribution in [-0.4, -0.2) is 51.0 Å². The summed E-state index contributed by atoms with van der Waals surface area (Å²) in [6.45, 7) is 3.42. The van der Waals surface area contributed by atoms with E-state index in [1.807, 2.05) is 6.92 Å². The normalized spacial score (nSPS) is 11.2. The molecule has 1 aromatic heterocycles. The summed E-state index contributed by atoms with van der Waals surface area (Å²) in [5, 5.41) is 11.0. The van der Waals surface area contributed by atoms with E-state index in [4.69, 9.17) is 9.47 Å². The Morgan fingerprint density at radius 3 is 2.50 bits per heavy atom. The van der Waals surface area contributed by atoms with Gasteiger partial charge in [0.1, 0.15) is 18.0 Å². The first-order chi connectivity index (χ1) is 16.3. The maximum absolute atomic E-state index is 13.6. The standard InChI is InChI=1S/C22H26N4O5S3/c1-5-12-32-22-25-24-21(33-22)23-20(27)14-26(18-13-16(30-3)8-11-19(18)31-4)34(28,29)17-9-6-15(2)7-10-17/h6-11,13H,5,12,14H2,1-4H3,(H,23,24,27). The minimum absolute atomic E-state index is 0.0462. The molecule has 0 aliphatic carbocycles. The van der Waals surface area contributed by atoms with E-state index in [9.17, 15) is 13.2 Å². The Kier molecular flexibility index (Phi) is 8.75. The van der Waals surface area contributed by atoms with E-state index in [0.29, 0.717) is 10.9 Å². The van der Waals surface area contributed by atoms with Gasteiger partial charge in [0.25, 0.3) is 10.0 Å². The number of aromatic nitrogens is 2. The average Bonchev–Trinajstić information content (AvgIpc) is 3.28. The van der Waals surface area contributed by atoms with Gasteiger partial charge >= 0.3 is 0 Å². The Balaban J connectivity index is 1.96. The van der Waals surface area contributed by atoms with Crippen molar-refractivity contribution in [3.63, 3.8) is 0 Å². The second-order valence-corrected chi connectivity index (χ2v) is 11.3. The van der Waals surface area contributed by atoms with Gasteiger partial charge in [0.05, 0.1) is 24.8 Å². The first-order valence-electron chi connectivity index (χ1n) is 10.4. The molecule has 3 aromatic rings. The number of rotatable bonds is 11. The van der Waals surface area contributed by atoms with Crippen LogP contribution in [0.1, 0.15) is 18.9 Å². The van der Waals surface area contributed by atoms with Crippen molar-refractivity contribution >= 4 is 49.8 Å². The van der Waals surface area contributed by atoms with Gasteiger partial charge in [-0.1, -0.05) is 47.7 Å². The van der Waals surface area contributed by atoms with Gasteiger partial charge in [-0.15, -0.1) is 10.2 Å². The van der Waals surface area contributed by atoms with Crippen molar-refractivity contribution in [1.82, 2.24) is 10.2 Å². The highest BCUT2D eigenvalue weighted by molar-refractivity contribution is 8.01. The molecule has 2 aromatic carbocycles. The highest BCUT2D eigenvalue weighted by atomic mass is 32.2. The van der Waals surface area contributed by atoms with Crippen LogP contribution < -0.4 is 19.1 Å². The summed E-state index contributed by atoms with van der Waals surface area (Å²) in [5.41, 5.74) is 1.09. The molecule has 0 atom stereocenters. The van der Waals surface area contributed by atoms with Crippen molar-refractivity contribution < 1.29 is 22.7 Å². The fraction of sp³-hybridized carbons (Fsp3) is 0.318. The van der Waals surface area contributed by atoms with E-state index < -0.39 is 22.5 Å². The number of thioether (sulfide) groups is 1. The maximum atomic E-state index is 13.6. The topological polar surface area (TPSA) is 111 Å². The average molecular weight is 523 g/mol. The monoisotopic (exact) mass is 522 g/mol. The zero-order chi connectivity index (χ0) is 24.7. The van der Waals surface area contributed by atoms with Gasteiger partial charge in [0.2, 0.25) is 11.0 Å². The third-order valence-electron chi connectivity index (χ3n) is 4.63. The summed E-state index contributed by atoms with van der Waals surface area (Å²) in [4.78, 5) is 13.0. The second kappa shape index (κ2) is 11.5. The van der Waals surface area contributed by atoms with E-state index in [0.717, 1.165) is 26.4 Å². The zero-order valence-electron chi connectivity index (χ0n) is 19.3. The van der Waals surface area contributed by atoms with Crippen LogP contribution in [0.3, 0.4) is 0 Å². The third-order valence-corrected chi connectivity index (χ3v) is 8.59. The van der Waals surface area contributed by atoms with Gasteiger partial charge in [-0.3, -0.25) is 14.4 Å². The van der Waals surface area contributed by atoms with Crippen molar-refractivity contribution in [1.29, 1.82) is 0 Å². The molecule has 0 aliphatic rings. The summed E-state index contributed by atoms with van der Waals surface area (Å²) in [6.07, 6.45) is 0.986. The van der Waals surface area contributed by atoms with Crippen molar-refractivity contribution in [2.75, 3.05) is 36.1 Å². The number of benzene rings is 2. The van der Waals surface area contributed by atoms with Crippen LogP contribution in [0.4, 0.5) is 10.8 Å². The second-order valence-electron chi connectivity index (χ2n) is 7.13. The minimum Gasteiger partial charge on any atom is -0.497 e. The van der Waals surface area contributed by atoms with Crippen molar-refractivity contribution in [2.45, 2.75) is 29.5 Å². The van der Waals surface area contributed by atoms with Gasteiger partial charge < -0.3 is 9.47 Å². The summed E-state index contributed by atoms with van der Waals surface area (Å²) < 4.78 is 39.7. The number of nitrogens with one attached hydrogen (secondary N) is 1. The molecule has 1 N–H and O–H groups in total. The Morgan fingerprint density at radius 1 is 1.12 bits per heavy atom. The lowest BCUT2D eigenvalue weighted by Crippen LogP contribution is -2.38. The maximum Gasteiger partial charge on any atom is 0.264 e. The smallest absolute Gasteiger partial charge is 0.264 e. The number of hydrogen-bond acceptors (Lipinski definition) is 9. The van der Waals surface area contributed by atoms with E-state index >= 15 is 0 Å². The summed E-state index contributed by atoms with van der Waals surface area (Å²) in [6, 6.07) is 11.2. The molecule has 0 fully saturated rings.